The van der Waals surface area contributed by atoms with Crippen molar-refractivity contribution in [2.45, 2.75) is 6.92 Å². The van der Waals surface area contributed by atoms with E-state index in [1.54, 1.807) is 18.2 Å². The van der Waals surface area contributed by atoms with E-state index in [1.807, 2.05) is 25.1 Å². The zero-order valence-corrected chi connectivity index (χ0v) is 13.9. The largest absolute Gasteiger partial charge is 0.322 e. The standard InChI is InChI=1S/C14H10Br2ClNO/c1-8-6-9(15)2-5-13(8)18-14(19)11-4-3-10(17)7-12(11)16/h2-7H,1H3,(H,18,19). The van der Waals surface area contributed by atoms with Gasteiger partial charge in [-0.15, -0.1) is 0 Å². The van der Waals surface area contributed by atoms with Gasteiger partial charge in [0.05, 0.1) is 5.56 Å². The van der Waals surface area contributed by atoms with Gasteiger partial charge in [-0.1, -0.05) is 27.5 Å². The van der Waals surface area contributed by atoms with Gasteiger partial charge in [-0.25, -0.2) is 0 Å². The molecule has 2 rings (SSSR count). The summed E-state index contributed by atoms with van der Waals surface area (Å²) in [6.07, 6.45) is 0. The highest BCUT2D eigenvalue weighted by molar-refractivity contribution is 9.10. The Morgan fingerprint density at radius 3 is 2.53 bits per heavy atom. The molecule has 0 bridgehead atoms. The number of amides is 1. The maximum Gasteiger partial charge on any atom is 0.256 e. The number of aryl methyl sites for hydroxylation is 1. The highest BCUT2D eigenvalue weighted by Crippen LogP contribution is 2.24. The number of nitrogens with one attached hydrogen (secondary N) is 1. The molecular formula is C14H10Br2ClNO. The third-order valence-corrected chi connectivity index (χ3v) is 4.00. The average molecular weight is 404 g/mol. The van der Waals surface area contributed by atoms with Gasteiger partial charge in [-0.3, -0.25) is 4.79 Å². The molecule has 2 aromatic carbocycles. The van der Waals surface area contributed by atoms with Crippen molar-refractivity contribution in [1.82, 2.24) is 0 Å². The average Bonchev–Trinajstić information content (AvgIpc) is 2.32. The number of anilines is 1. The highest BCUT2D eigenvalue weighted by Gasteiger charge is 2.11. The first-order chi connectivity index (χ1) is 8.97. The van der Waals surface area contributed by atoms with E-state index in [0.29, 0.717) is 15.1 Å². The molecule has 0 aliphatic carbocycles. The molecular weight excluding hydrogens is 393 g/mol. The fraction of sp³-hybridized carbons (Fsp3) is 0.0714. The first-order valence-corrected chi connectivity index (χ1v) is 7.46. The molecule has 0 heterocycles. The van der Waals surface area contributed by atoms with E-state index in [0.717, 1.165) is 15.7 Å². The molecule has 0 spiro atoms. The predicted octanol–water partition coefficient (Wildman–Crippen LogP) is 5.43. The van der Waals surface area contributed by atoms with Crippen molar-refractivity contribution in [2.75, 3.05) is 5.32 Å². The van der Waals surface area contributed by atoms with E-state index in [4.69, 9.17) is 11.6 Å². The van der Waals surface area contributed by atoms with Crippen molar-refractivity contribution >= 4 is 55.1 Å². The van der Waals surface area contributed by atoms with E-state index in [9.17, 15) is 4.79 Å². The van der Waals surface area contributed by atoms with Crippen LogP contribution < -0.4 is 5.32 Å². The number of carbonyl (C=O) groups is 1. The Labute approximate surface area is 133 Å². The molecule has 0 saturated heterocycles. The van der Waals surface area contributed by atoms with E-state index in [-0.39, 0.29) is 5.91 Å². The number of rotatable bonds is 2. The van der Waals surface area contributed by atoms with E-state index in [1.165, 1.54) is 0 Å². The number of halogens is 3. The molecule has 98 valence electrons. The number of hydrogen-bond donors (Lipinski definition) is 1. The van der Waals surface area contributed by atoms with Crippen LogP contribution in [0.2, 0.25) is 5.02 Å². The van der Waals surface area contributed by atoms with Gasteiger partial charge in [0.25, 0.3) is 5.91 Å². The number of carbonyl (C=O) groups excluding carboxylic acids is 1. The summed E-state index contributed by atoms with van der Waals surface area (Å²) < 4.78 is 1.66. The topological polar surface area (TPSA) is 29.1 Å². The van der Waals surface area contributed by atoms with Crippen LogP contribution in [-0.2, 0) is 0 Å². The molecule has 1 N–H and O–H groups in total. The van der Waals surface area contributed by atoms with E-state index >= 15 is 0 Å². The molecule has 0 unspecified atom stereocenters. The second kappa shape index (κ2) is 6.07. The Morgan fingerprint density at radius 1 is 1.16 bits per heavy atom. The lowest BCUT2D eigenvalue weighted by Crippen LogP contribution is -2.13. The molecule has 0 fully saturated rings. The Kier molecular flexibility index (Phi) is 4.66. The van der Waals surface area contributed by atoms with E-state index in [2.05, 4.69) is 37.2 Å². The monoisotopic (exact) mass is 401 g/mol. The lowest BCUT2D eigenvalue weighted by molar-refractivity contribution is 0.102. The Balaban J connectivity index is 2.25. The number of hydrogen-bond acceptors (Lipinski definition) is 1. The second-order valence-corrected chi connectivity index (χ2v) is 6.24. The molecule has 0 radical (unpaired) electrons. The maximum atomic E-state index is 12.2. The minimum absolute atomic E-state index is 0.172. The summed E-state index contributed by atoms with van der Waals surface area (Å²) in [6, 6.07) is 10.8. The fourth-order valence-electron chi connectivity index (χ4n) is 1.63. The van der Waals surface area contributed by atoms with Crippen LogP contribution in [0.3, 0.4) is 0 Å². The third kappa shape index (κ3) is 3.59. The van der Waals surface area contributed by atoms with Gasteiger partial charge >= 0.3 is 0 Å². The molecule has 2 nitrogen and oxygen atoms in total. The molecule has 0 aliphatic rings. The molecule has 5 heteroatoms. The van der Waals surface area contributed by atoms with Crippen LogP contribution in [0, 0.1) is 6.92 Å². The highest BCUT2D eigenvalue weighted by atomic mass is 79.9. The molecule has 0 saturated carbocycles. The van der Waals surface area contributed by atoms with Crippen LogP contribution in [0.5, 0.6) is 0 Å². The minimum atomic E-state index is -0.172. The quantitative estimate of drug-likeness (QED) is 0.712. The lowest BCUT2D eigenvalue weighted by atomic mass is 10.1. The van der Waals surface area contributed by atoms with Crippen molar-refractivity contribution in [3.8, 4) is 0 Å². The van der Waals surface area contributed by atoms with Crippen LogP contribution in [0.15, 0.2) is 45.3 Å². The van der Waals surface area contributed by atoms with Crippen LogP contribution in [0.25, 0.3) is 0 Å². The summed E-state index contributed by atoms with van der Waals surface area (Å²) in [5.41, 5.74) is 2.33. The predicted molar refractivity (Wildman–Crippen MR) is 86.0 cm³/mol. The van der Waals surface area contributed by atoms with Gasteiger partial charge < -0.3 is 5.32 Å². The van der Waals surface area contributed by atoms with Crippen LogP contribution in [0.1, 0.15) is 15.9 Å². The molecule has 2 aromatic rings. The fourth-order valence-corrected chi connectivity index (χ4v) is 2.97. The zero-order valence-electron chi connectivity index (χ0n) is 10.0. The van der Waals surface area contributed by atoms with Crippen molar-refractivity contribution in [3.63, 3.8) is 0 Å². The zero-order chi connectivity index (χ0) is 14.0. The van der Waals surface area contributed by atoms with Crippen LogP contribution in [0.4, 0.5) is 5.69 Å². The van der Waals surface area contributed by atoms with Crippen LogP contribution in [-0.4, -0.2) is 5.91 Å². The van der Waals surface area contributed by atoms with Gasteiger partial charge in [0, 0.05) is 19.7 Å². The summed E-state index contributed by atoms with van der Waals surface area (Å²) in [6.45, 7) is 1.94. The van der Waals surface area contributed by atoms with Gasteiger partial charge in [-0.2, -0.15) is 0 Å². The second-order valence-electron chi connectivity index (χ2n) is 4.04. The Morgan fingerprint density at radius 2 is 1.89 bits per heavy atom. The smallest absolute Gasteiger partial charge is 0.256 e. The molecule has 1 amide bonds. The van der Waals surface area contributed by atoms with Crippen molar-refractivity contribution in [2.24, 2.45) is 0 Å². The summed E-state index contributed by atoms with van der Waals surface area (Å²) in [5, 5.41) is 3.47. The van der Waals surface area contributed by atoms with Gasteiger partial charge in [0.1, 0.15) is 0 Å². The van der Waals surface area contributed by atoms with Crippen LogP contribution >= 0.6 is 43.5 Å². The Bertz CT molecular complexity index is 643. The van der Waals surface area contributed by atoms with Gasteiger partial charge in [-0.05, 0) is 64.8 Å². The summed E-state index contributed by atoms with van der Waals surface area (Å²) in [5.74, 6) is -0.172. The van der Waals surface area contributed by atoms with Gasteiger partial charge in [0.15, 0.2) is 0 Å². The summed E-state index contributed by atoms with van der Waals surface area (Å²) >= 11 is 12.6. The van der Waals surface area contributed by atoms with Crippen molar-refractivity contribution < 1.29 is 4.79 Å². The lowest BCUT2D eigenvalue weighted by Gasteiger charge is -2.10. The van der Waals surface area contributed by atoms with Gasteiger partial charge in [0.2, 0.25) is 0 Å². The van der Waals surface area contributed by atoms with Crippen molar-refractivity contribution in [3.05, 3.63) is 61.5 Å². The summed E-state index contributed by atoms with van der Waals surface area (Å²) in [7, 11) is 0. The molecule has 0 aromatic heterocycles. The Hall–Kier alpha value is -0.840. The first-order valence-electron chi connectivity index (χ1n) is 5.50. The normalized spacial score (nSPS) is 10.3. The molecule has 0 atom stereocenters. The molecule has 19 heavy (non-hydrogen) atoms. The van der Waals surface area contributed by atoms with E-state index < -0.39 is 0 Å². The maximum absolute atomic E-state index is 12.2. The minimum Gasteiger partial charge on any atom is -0.322 e. The van der Waals surface area contributed by atoms with Crippen molar-refractivity contribution in [1.29, 1.82) is 0 Å². The molecule has 0 aliphatic heterocycles. The number of benzene rings is 2. The SMILES string of the molecule is Cc1cc(Br)ccc1NC(=O)c1ccc(Cl)cc1Br. The third-order valence-electron chi connectivity index (χ3n) is 2.61. The summed E-state index contributed by atoms with van der Waals surface area (Å²) in [4.78, 5) is 12.2. The first kappa shape index (κ1) is 14.6.